The smallest absolute Gasteiger partial charge is 0.0264 e. The van der Waals surface area contributed by atoms with Crippen LogP contribution in [-0.4, -0.2) is 11.8 Å². The molecular weight excluding hydrogens is 344 g/mol. The van der Waals surface area contributed by atoms with E-state index in [0.717, 1.165) is 12.8 Å². The molecule has 0 spiro atoms. The van der Waals surface area contributed by atoms with Crippen LogP contribution in [0.3, 0.4) is 0 Å². The Bertz CT molecular complexity index is 329. The average molecular weight is 358 g/mol. The largest absolute Gasteiger partial charge is 0.326 e. The quantitative estimate of drug-likeness (QED) is 0.635. The first-order chi connectivity index (χ1) is 7.24. The lowest BCUT2D eigenvalue weighted by atomic mass is 10.0. The van der Waals surface area contributed by atoms with Crippen molar-refractivity contribution in [2.24, 2.45) is 5.73 Å². The zero-order valence-corrected chi connectivity index (χ0v) is 12.1. The van der Waals surface area contributed by atoms with E-state index < -0.39 is 0 Å². The minimum Gasteiger partial charge on any atom is -0.326 e. The van der Waals surface area contributed by atoms with Crippen molar-refractivity contribution in [1.82, 2.24) is 0 Å². The fourth-order valence-electron chi connectivity index (χ4n) is 1.56. The van der Waals surface area contributed by atoms with Crippen LogP contribution in [0.4, 0.5) is 0 Å². The van der Waals surface area contributed by atoms with Crippen LogP contribution in [0, 0.1) is 3.57 Å². The summed E-state index contributed by atoms with van der Waals surface area (Å²) in [6.07, 6.45) is 1.78. The van der Waals surface area contributed by atoms with Gasteiger partial charge < -0.3 is 5.73 Å². The third-order valence-corrected chi connectivity index (χ3v) is 4.07. The maximum absolute atomic E-state index is 5.80. The summed E-state index contributed by atoms with van der Waals surface area (Å²) in [4.78, 5) is 0. The lowest BCUT2D eigenvalue weighted by Gasteiger charge is -2.12. The Balaban J connectivity index is 3.10. The molecule has 0 saturated heterocycles. The Kier molecular flexibility index (Phi) is 6.27. The third-order valence-electron chi connectivity index (χ3n) is 2.35. The number of halogens is 3. The summed E-state index contributed by atoms with van der Waals surface area (Å²) < 4.78 is 1.27. The molecule has 0 aliphatic heterocycles. The van der Waals surface area contributed by atoms with Crippen molar-refractivity contribution in [3.8, 4) is 0 Å². The normalized spacial score (nSPS) is 10.7. The molecule has 0 heterocycles. The number of rotatable bonds is 5. The second-order valence-corrected chi connectivity index (χ2v) is 5.09. The van der Waals surface area contributed by atoms with Gasteiger partial charge in [-0.2, -0.15) is 0 Å². The number of hydrogen-bond acceptors (Lipinski definition) is 1. The molecule has 0 aliphatic carbocycles. The van der Waals surface area contributed by atoms with E-state index in [9.17, 15) is 0 Å². The van der Waals surface area contributed by atoms with E-state index in [0.29, 0.717) is 18.3 Å². The van der Waals surface area contributed by atoms with Crippen LogP contribution >= 0.6 is 45.8 Å². The van der Waals surface area contributed by atoms with E-state index in [1.165, 1.54) is 20.3 Å². The van der Waals surface area contributed by atoms with Crippen LogP contribution < -0.4 is 5.73 Å². The number of nitrogens with two attached hydrogens (primary N) is 1. The molecule has 0 aliphatic rings. The number of hydrogen-bond donors (Lipinski definition) is 1. The van der Waals surface area contributed by atoms with Gasteiger partial charge in [0.25, 0.3) is 0 Å². The Morgan fingerprint density at radius 2 is 1.67 bits per heavy atom. The lowest BCUT2D eigenvalue weighted by molar-refractivity contribution is 0.981. The predicted molar refractivity (Wildman–Crippen MR) is 75.9 cm³/mol. The van der Waals surface area contributed by atoms with Gasteiger partial charge in [-0.1, -0.05) is 12.1 Å². The standard InChI is InChI=1S/C11H14Cl2IN/c12-5-3-8-1-2-9(7-15)10(4-6-13)11(8)14/h1-2H,3-7,15H2. The number of aryl methyl sites for hydroxylation is 1. The van der Waals surface area contributed by atoms with E-state index in [1.807, 2.05) is 0 Å². The molecule has 0 unspecified atom stereocenters. The molecule has 0 fully saturated rings. The van der Waals surface area contributed by atoms with Gasteiger partial charge in [0.15, 0.2) is 0 Å². The monoisotopic (exact) mass is 357 g/mol. The van der Waals surface area contributed by atoms with Crippen molar-refractivity contribution >= 4 is 45.8 Å². The van der Waals surface area contributed by atoms with Gasteiger partial charge in [0.1, 0.15) is 0 Å². The van der Waals surface area contributed by atoms with Crippen molar-refractivity contribution in [2.75, 3.05) is 11.8 Å². The van der Waals surface area contributed by atoms with Crippen molar-refractivity contribution in [2.45, 2.75) is 19.4 Å². The molecule has 1 nitrogen and oxygen atoms in total. The van der Waals surface area contributed by atoms with Crippen LogP contribution in [-0.2, 0) is 19.4 Å². The minimum absolute atomic E-state index is 0.573. The highest BCUT2D eigenvalue weighted by Crippen LogP contribution is 2.23. The maximum Gasteiger partial charge on any atom is 0.0264 e. The lowest BCUT2D eigenvalue weighted by Crippen LogP contribution is -2.07. The van der Waals surface area contributed by atoms with Gasteiger partial charge in [-0.15, -0.1) is 23.2 Å². The maximum atomic E-state index is 5.80. The SMILES string of the molecule is NCc1ccc(CCCl)c(I)c1CCCl. The van der Waals surface area contributed by atoms with Crippen molar-refractivity contribution in [3.63, 3.8) is 0 Å². The third kappa shape index (κ3) is 3.48. The summed E-state index contributed by atoms with van der Waals surface area (Å²) in [5, 5.41) is 0. The van der Waals surface area contributed by atoms with E-state index in [4.69, 9.17) is 28.9 Å². The average Bonchev–Trinajstić information content (AvgIpc) is 2.25. The van der Waals surface area contributed by atoms with Gasteiger partial charge in [0.2, 0.25) is 0 Å². The number of benzene rings is 1. The van der Waals surface area contributed by atoms with Crippen molar-refractivity contribution in [3.05, 3.63) is 32.4 Å². The highest BCUT2D eigenvalue weighted by atomic mass is 127. The first-order valence-electron chi connectivity index (χ1n) is 4.85. The molecule has 1 aromatic carbocycles. The molecule has 0 saturated carbocycles. The molecule has 1 aromatic rings. The molecule has 15 heavy (non-hydrogen) atoms. The summed E-state index contributed by atoms with van der Waals surface area (Å²) in [5.74, 6) is 1.28. The van der Waals surface area contributed by atoms with Crippen molar-refractivity contribution in [1.29, 1.82) is 0 Å². The summed E-state index contributed by atoms with van der Waals surface area (Å²) in [6, 6.07) is 4.20. The molecule has 0 bridgehead atoms. The highest BCUT2D eigenvalue weighted by molar-refractivity contribution is 14.1. The topological polar surface area (TPSA) is 26.0 Å². The predicted octanol–water partition coefficient (Wildman–Crippen LogP) is 3.31. The van der Waals surface area contributed by atoms with Crippen LogP contribution in [0.5, 0.6) is 0 Å². The highest BCUT2D eigenvalue weighted by Gasteiger charge is 2.09. The Hall–Kier alpha value is 0.490. The van der Waals surface area contributed by atoms with E-state index in [2.05, 4.69) is 34.7 Å². The van der Waals surface area contributed by atoms with E-state index >= 15 is 0 Å². The van der Waals surface area contributed by atoms with Gasteiger partial charge in [-0.05, 0) is 52.1 Å². The Morgan fingerprint density at radius 3 is 2.20 bits per heavy atom. The van der Waals surface area contributed by atoms with E-state index in [-0.39, 0.29) is 0 Å². The second kappa shape index (κ2) is 6.94. The molecule has 2 N–H and O–H groups in total. The molecule has 0 aromatic heterocycles. The zero-order valence-electron chi connectivity index (χ0n) is 8.40. The summed E-state index contributed by atoms with van der Waals surface area (Å²) in [5.41, 5.74) is 9.48. The number of alkyl halides is 2. The van der Waals surface area contributed by atoms with Crippen molar-refractivity contribution < 1.29 is 0 Å². The fourth-order valence-corrected chi connectivity index (χ4v) is 3.02. The minimum atomic E-state index is 0.573. The van der Waals surface area contributed by atoms with Crippen LogP contribution in [0.15, 0.2) is 12.1 Å². The molecule has 0 amide bonds. The van der Waals surface area contributed by atoms with Gasteiger partial charge in [0, 0.05) is 21.9 Å². The Labute approximate surface area is 114 Å². The molecule has 84 valence electrons. The fraction of sp³-hybridized carbons (Fsp3) is 0.455. The summed E-state index contributed by atoms with van der Waals surface area (Å²) in [7, 11) is 0. The molecule has 4 heteroatoms. The first kappa shape index (κ1) is 13.6. The second-order valence-electron chi connectivity index (χ2n) is 3.26. The van der Waals surface area contributed by atoms with E-state index in [1.54, 1.807) is 0 Å². The van der Waals surface area contributed by atoms with Gasteiger partial charge in [-0.3, -0.25) is 0 Å². The first-order valence-corrected chi connectivity index (χ1v) is 7.00. The molecule has 0 atom stereocenters. The van der Waals surface area contributed by atoms with Gasteiger partial charge in [0.05, 0.1) is 0 Å². The van der Waals surface area contributed by atoms with Crippen LogP contribution in [0.25, 0.3) is 0 Å². The summed E-state index contributed by atoms with van der Waals surface area (Å²) in [6.45, 7) is 0.573. The van der Waals surface area contributed by atoms with Gasteiger partial charge >= 0.3 is 0 Å². The molecule has 0 radical (unpaired) electrons. The molecule has 1 rings (SSSR count). The van der Waals surface area contributed by atoms with Gasteiger partial charge in [-0.25, -0.2) is 0 Å². The van der Waals surface area contributed by atoms with Crippen LogP contribution in [0.2, 0.25) is 0 Å². The zero-order chi connectivity index (χ0) is 11.3. The van der Waals surface area contributed by atoms with Crippen LogP contribution in [0.1, 0.15) is 16.7 Å². The summed E-state index contributed by atoms with van der Waals surface area (Å²) >= 11 is 13.9. The molecular formula is C11H14Cl2IN. The Morgan fingerprint density at radius 1 is 1.07 bits per heavy atom.